The number of amides is 1. The molecular weight excluding hydrogens is 218 g/mol. The fourth-order valence-corrected chi connectivity index (χ4v) is 2.24. The van der Waals surface area contributed by atoms with E-state index in [2.05, 4.69) is 0 Å². The summed E-state index contributed by atoms with van der Waals surface area (Å²) in [5.41, 5.74) is -0.328. The summed E-state index contributed by atoms with van der Waals surface area (Å²) in [7, 11) is 0. The molecular formula is C13H23NO3. The minimum atomic E-state index is -0.765. The Balaban J connectivity index is 2.60. The largest absolute Gasteiger partial charge is 0.481 e. The first-order valence-electron chi connectivity index (χ1n) is 6.38. The SMILES string of the molecule is CCC(C)(C)C(=O)N1CCCC(CC(=O)O)C1. The summed E-state index contributed by atoms with van der Waals surface area (Å²) in [6.07, 6.45) is 2.83. The monoisotopic (exact) mass is 241 g/mol. The van der Waals surface area contributed by atoms with Gasteiger partial charge in [0.15, 0.2) is 0 Å². The molecule has 1 N–H and O–H groups in total. The fraction of sp³-hybridized carbons (Fsp3) is 0.846. The van der Waals surface area contributed by atoms with Crippen LogP contribution in [0, 0.1) is 11.3 Å². The highest BCUT2D eigenvalue weighted by atomic mass is 16.4. The van der Waals surface area contributed by atoms with Crippen molar-refractivity contribution in [2.24, 2.45) is 11.3 Å². The molecule has 1 aliphatic heterocycles. The van der Waals surface area contributed by atoms with E-state index in [1.807, 2.05) is 25.7 Å². The first-order valence-corrected chi connectivity index (χ1v) is 6.38. The van der Waals surface area contributed by atoms with Crippen LogP contribution in [0.2, 0.25) is 0 Å². The molecule has 0 spiro atoms. The summed E-state index contributed by atoms with van der Waals surface area (Å²) in [6, 6.07) is 0. The maximum Gasteiger partial charge on any atom is 0.303 e. The highest BCUT2D eigenvalue weighted by Gasteiger charge is 2.33. The predicted molar refractivity (Wildman–Crippen MR) is 65.6 cm³/mol. The van der Waals surface area contributed by atoms with Crippen molar-refractivity contribution >= 4 is 11.9 Å². The number of rotatable bonds is 4. The van der Waals surface area contributed by atoms with Gasteiger partial charge in [-0.1, -0.05) is 20.8 Å². The Kier molecular flexibility index (Phi) is 4.54. The number of aliphatic carboxylic acids is 1. The lowest BCUT2D eigenvalue weighted by Crippen LogP contribution is -2.46. The number of hydrogen-bond acceptors (Lipinski definition) is 2. The molecule has 0 aromatic rings. The van der Waals surface area contributed by atoms with Crippen LogP contribution in [-0.4, -0.2) is 35.0 Å². The third kappa shape index (κ3) is 3.72. The van der Waals surface area contributed by atoms with Gasteiger partial charge in [-0.25, -0.2) is 0 Å². The molecule has 0 bridgehead atoms. The van der Waals surface area contributed by atoms with Gasteiger partial charge in [-0.15, -0.1) is 0 Å². The maximum atomic E-state index is 12.3. The summed E-state index contributed by atoms with van der Waals surface area (Å²) in [5, 5.41) is 8.79. The van der Waals surface area contributed by atoms with Gasteiger partial charge in [0.1, 0.15) is 0 Å². The van der Waals surface area contributed by atoms with Crippen molar-refractivity contribution in [3.63, 3.8) is 0 Å². The van der Waals surface area contributed by atoms with Crippen LogP contribution in [0.4, 0.5) is 0 Å². The first-order chi connectivity index (χ1) is 7.86. The molecule has 17 heavy (non-hydrogen) atoms. The topological polar surface area (TPSA) is 57.6 Å². The fourth-order valence-electron chi connectivity index (χ4n) is 2.24. The van der Waals surface area contributed by atoms with Crippen molar-refractivity contribution in [1.29, 1.82) is 0 Å². The minimum Gasteiger partial charge on any atom is -0.481 e. The average Bonchev–Trinajstić information content (AvgIpc) is 2.27. The molecule has 0 radical (unpaired) electrons. The zero-order valence-corrected chi connectivity index (χ0v) is 11.0. The van der Waals surface area contributed by atoms with Gasteiger partial charge >= 0.3 is 5.97 Å². The summed E-state index contributed by atoms with van der Waals surface area (Å²) >= 11 is 0. The number of carboxylic acid groups (broad SMARTS) is 1. The number of hydrogen-bond donors (Lipinski definition) is 1. The highest BCUT2D eigenvalue weighted by Crippen LogP contribution is 2.27. The number of nitrogens with zero attached hydrogens (tertiary/aromatic N) is 1. The molecule has 1 atom stereocenters. The lowest BCUT2D eigenvalue weighted by Gasteiger charge is -2.37. The summed E-state index contributed by atoms with van der Waals surface area (Å²) in [5.74, 6) is -0.480. The van der Waals surface area contributed by atoms with E-state index in [0.29, 0.717) is 6.54 Å². The van der Waals surface area contributed by atoms with Crippen LogP contribution < -0.4 is 0 Å². The van der Waals surface area contributed by atoms with E-state index < -0.39 is 5.97 Å². The van der Waals surface area contributed by atoms with Gasteiger partial charge in [0, 0.05) is 24.9 Å². The summed E-state index contributed by atoms with van der Waals surface area (Å²) in [6.45, 7) is 7.30. The zero-order chi connectivity index (χ0) is 13.1. The Morgan fingerprint density at radius 1 is 1.41 bits per heavy atom. The predicted octanol–water partition coefficient (Wildman–Crippen LogP) is 2.14. The van der Waals surface area contributed by atoms with Crippen LogP contribution in [-0.2, 0) is 9.59 Å². The van der Waals surface area contributed by atoms with E-state index in [9.17, 15) is 9.59 Å². The van der Waals surface area contributed by atoms with Crippen molar-refractivity contribution in [3.8, 4) is 0 Å². The molecule has 1 unspecified atom stereocenters. The molecule has 1 heterocycles. The minimum absolute atomic E-state index is 0.123. The van der Waals surface area contributed by atoms with E-state index in [0.717, 1.165) is 25.8 Å². The van der Waals surface area contributed by atoms with E-state index in [4.69, 9.17) is 5.11 Å². The van der Waals surface area contributed by atoms with Crippen LogP contribution in [0.1, 0.15) is 46.5 Å². The second-order valence-corrected chi connectivity index (χ2v) is 5.59. The Bertz CT molecular complexity index is 299. The molecule has 0 aromatic carbocycles. The van der Waals surface area contributed by atoms with Gasteiger partial charge in [0.2, 0.25) is 5.91 Å². The molecule has 1 saturated heterocycles. The molecule has 4 nitrogen and oxygen atoms in total. The Morgan fingerprint density at radius 3 is 2.59 bits per heavy atom. The van der Waals surface area contributed by atoms with Crippen molar-refractivity contribution in [2.75, 3.05) is 13.1 Å². The Morgan fingerprint density at radius 2 is 2.06 bits per heavy atom. The van der Waals surface area contributed by atoms with Crippen LogP contribution in [0.25, 0.3) is 0 Å². The molecule has 0 saturated carbocycles. The summed E-state index contributed by atoms with van der Waals surface area (Å²) < 4.78 is 0. The molecule has 1 amide bonds. The third-order valence-electron chi connectivity index (χ3n) is 3.73. The molecule has 0 aromatic heterocycles. The summed E-state index contributed by atoms with van der Waals surface area (Å²) in [4.78, 5) is 24.8. The van der Waals surface area contributed by atoms with Gasteiger partial charge in [-0.2, -0.15) is 0 Å². The van der Waals surface area contributed by atoms with E-state index in [1.54, 1.807) is 0 Å². The van der Waals surface area contributed by atoms with Crippen molar-refractivity contribution < 1.29 is 14.7 Å². The second-order valence-electron chi connectivity index (χ2n) is 5.59. The number of carboxylic acids is 1. The van der Waals surface area contributed by atoms with Crippen LogP contribution in [0.5, 0.6) is 0 Å². The quantitative estimate of drug-likeness (QED) is 0.820. The van der Waals surface area contributed by atoms with Crippen molar-refractivity contribution in [2.45, 2.75) is 46.5 Å². The maximum absolute atomic E-state index is 12.3. The number of piperidine rings is 1. The standard InChI is InChI=1S/C13H23NO3/c1-4-13(2,3)12(17)14-7-5-6-10(9-14)8-11(15)16/h10H,4-9H2,1-3H3,(H,15,16). The van der Waals surface area contributed by atoms with Gasteiger partial charge < -0.3 is 10.0 Å². The van der Waals surface area contributed by atoms with E-state index in [1.165, 1.54) is 0 Å². The van der Waals surface area contributed by atoms with Crippen LogP contribution >= 0.6 is 0 Å². The van der Waals surface area contributed by atoms with Gasteiger partial charge in [0.05, 0.1) is 0 Å². The first kappa shape index (κ1) is 14.0. The van der Waals surface area contributed by atoms with E-state index >= 15 is 0 Å². The molecule has 1 fully saturated rings. The lowest BCUT2D eigenvalue weighted by atomic mass is 9.86. The van der Waals surface area contributed by atoms with Crippen LogP contribution in [0.15, 0.2) is 0 Å². The average molecular weight is 241 g/mol. The number of carbonyl (C=O) groups excluding carboxylic acids is 1. The Labute approximate surface area is 103 Å². The molecule has 98 valence electrons. The van der Waals surface area contributed by atoms with Gasteiger partial charge in [-0.3, -0.25) is 9.59 Å². The molecule has 1 aliphatic rings. The zero-order valence-electron chi connectivity index (χ0n) is 11.0. The number of likely N-dealkylation sites (tertiary alicyclic amines) is 1. The number of carbonyl (C=O) groups is 2. The second kappa shape index (κ2) is 5.52. The lowest BCUT2D eigenvalue weighted by molar-refractivity contribution is -0.145. The van der Waals surface area contributed by atoms with Gasteiger partial charge in [-0.05, 0) is 25.2 Å². The molecule has 4 heteroatoms. The van der Waals surface area contributed by atoms with E-state index in [-0.39, 0.29) is 23.7 Å². The Hall–Kier alpha value is -1.06. The van der Waals surface area contributed by atoms with Crippen molar-refractivity contribution in [1.82, 2.24) is 4.90 Å². The highest BCUT2D eigenvalue weighted by molar-refractivity contribution is 5.82. The van der Waals surface area contributed by atoms with Crippen molar-refractivity contribution in [3.05, 3.63) is 0 Å². The molecule has 1 rings (SSSR count). The van der Waals surface area contributed by atoms with Crippen LogP contribution in [0.3, 0.4) is 0 Å². The molecule has 0 aliphatic carbocycles. The normalized spacial score (nSPS) is 21.4. The van der Waals surface area contributed by atoms with Gasteiger partial charge in [0.25, 0.3) is 0 Å². The smallest absolute Gasteiger partial charge is 0.303 e. The third-order valence-corrected chi connectivity index (χ3v) is 3.73.